The molecule has 5 heteroatoms. The van der Waals surface area contributed by atoms with E-state index in [1.807, 2.05) is 23.5 Å². The van der Waals surface area contributed by atoms with Crippen LogP contribution in [0.1, 0.15) is 39.0 Å². The van der Waals surface area contributed by atoms with E-state index in [0.29, 0.717) is 12.3 Å². The number of thioether (sulfide) groups is 2. The highest BCUT2D eigenvalue weighted by Crippen LogP contribution is 2.63. The lowest BCUT2D eigenvalue weighted by Crippen LogP contribution is -2.29. The van der Waals surface area contributed by atoms with Crippen LogP contribution in [0.5, 0.6) is 0 Å². The number of carboxylic acids is 1. The first-order chi connectivity index (χ1) is 8.03. The van der Waals surface area contributed by atoms with Crippen molar-refractivity contribution >= 4 is 29.5 Å². The van der Waals surface area contributed by atoms with Gasteiger partial charge in [-0.2, -0.15) is 0 Å². The van der Waals surface area contributed by atoms with E-state index in [0.717, 1.165) is 31.4 Å². The summed E-state index contributed by atoms with van der Waals surface area (Å²) in [4.78, 5) is 10.7. The Labute approximate surface area is 111 Å². The molecule has 2 N–H and O–H groups in total. The second-order valence-electron chi connectivity index (χ2n) is 5.20. The number of hydrogen-bond donors (Lipinski definition) is 2. The summed E-state index contributed by atoms with van der Waals surface area (Å²) in [5.74, 6) is 0.660. The molecule has 1 aliphatic heterocycles. The number of carboxylic acid groups (broad SMARTS) is 1. The molecule has 2 rings (SSSR count). The van der Waals surface area contributed by atoms with Gasteiger partial charge in [0.2, 0.25) is 0 Å². The Balaban J connectivity index is 1.98. The molecule has 1 aliphatic carbocycles. The summed E-state index contributed by atoms with van der Waals surface area (Å²) in [6.07, 6.45) is 4.42. The van der Waals surface area contributed by atoms with Crippen molar-refractivity contribution in [2.45, 2.75) is 47.9 Å². The van der Waals surface area contributed by atoms with Crippen molar-refractivity contribution in [1.82, 2.24) is 0 Å². The van der Waals surface area contributed by atoms with E-state index in [4.69, 9.17) is 5.11 Å². The first-order valence-electron chi connectivity index (χ1n) is 6.20. The molecule has 3 unspecified atom stereocenters. The zero-order valence-electron chi connectivity index (χ0n) is 10.1. The summed E-state index contributed by atoms with van der Waals surface area (Å²) >= 11 is 3.87. The van der Waals surface area contributed by atoms with Gasteiger partial charge in [-0.15, -0.1) is 23.5 Å². The van der Waals surface area contributed by atoms with Crippen LogP contribution in [0.25, 0.3) is 0 Å². The second kappa shape index (κ2) is 5.02. The maximum atomic E-state index is 10.7. The lowest BCUT2D eigenvalue weighted by Gasteiger charge is -2.27. The monoisotopic (exact) mass is 276 g/mol. The number of aliphatic carboxylic acids is 1. The lowest BCUT2D eigenvalue weighted by molar-refractivity contribution is -0.138. The Morgan fingerprint density at radius 1 is 1.53 bits per heavy atom. The molecule has 0 aromatic heterocycles. The largest absolute Gasteiger partial charge is 0.481 e. The van der Waals surface area contributed by atoms with Crippen LogP contribution >= 0.6 is 23.5 Å². The van der Waals surface area contributed by atoms with Crippen LogP contribution < -0.4 is 0 Å². The first kappa shape index (κ1) is 13.6. The average molecular weight is 276 g/mol. The van der Waals surface area contributed by atoms with Gasteiger partial charge < -0.3 is 10.2 Å². The molecule has 3 atom stereocenters. The van der Waals surface area contributed by atoms with Gasteiger partial charge in [0, 0.05) is 16.9 Å². The van der Waals surface area contributed by atoms with Gasteiger partial charge in [0.25, 0.3) is 0 Å². The van der Waals surface area contributed by atoms with Crippen molar-refractivity contribution in [3.05, 3.63) is 0 Å². The SMILES string of the molecule is CCC1(CO)CSC2(CCC(CC(=O)O)C2)S1. The minimum Gasteiger partial charge on any atom is -0.481 e. The summed E-state index contributed by atoms with van der Waals surface area (Å²) in [7, 11) is 0. The standard InChI is InChI=1S/C12H20O3S2/c1-2-11(7-13)8-16-12(17-11)4-3-9(6-12)5-10(14)15/h9,13H,2-8H2,1H3,(H,14,15). The maximum absolute atomic E-state index is 10.7. The quantitative estimate of drug-likeness (QED) is 0.826. The second-order valence-corrected chi connectivity index (χ2v) is 8.67. The van der Waals surface area contributed by atoms with Gasteiger partial charge in [-0.25, -0.2) is 0 Å². The molecule has 98 valence electrons. The van der Waals surface area contributed by atoms with Crippen LogP contribution in [0.3, 0.4) is 0 Å². The van der Waals surface area contributed by atoms with Gasteiger partial charge >= 0.3 is 5.97 Å². The van der Waals surface area contributed by atoms with Gasteiger partial charge in [-0.1, -0.05) is 6.92 Å². The molecule has 0 radical (unpaired) electrons. The lowest BCUT2D eigenvalue weighted by atomic mass is 10.0. The molecule has 17 heavy (non-hydrogen) atoms. The molecular weight excluding hydrogens is 256 g/mol. The number of aliphatic hydroxyl groups is 1. The predicted molar refractivity (Wildman–Crippen MR) is 72.5 cm³/mol. The fraction of sp³-hybridized carbons (Fsp3) is 0.917. The van der Waals surface area contributed by atoms with E-state index in [-0.39, 0.29) is 15.4 Å². The van der Waals surface area contributed by atoms with Gasteiger partial charge in [0.05, 0.1) is 10.7 Å². The summed E-state index contributed by atoms with van der Waals surface area (Å²) in [6.45, 7) is 2.37. The molecule has 2 fully saturated rings. The zero-order valence-corrected chi connectivity index (χ0v) is 11.8. The van der Waals surface area contributed by atoms with Crippen LogP contribution in [-0.4, -0.2) is 37.4 Å². The fourth-order valence-corrected chi connectivity index (χ4v) is 7.12. The Morgan fingerprint density at radius 3 is 2.82 bits per heavy atom. The molecule has 0 aromatic carbocycles. The Kier molecular flexibility index (Phi) is 4.00. The highest BCUT2D eigenvalue weighted by atomic mass is 32.2. The molecule has 0 amide bonds. The van der Waals surface area contributed by atoms with Gasteiger partial charge in [0.1, 0.15) is 0 Å². The minimum absolute atomic E-state index is 0.0166. The predicted octanol–water partition coefficient (Wildman–Crippen LogP) is 2.58. The van der Waals surface area contributed by atoms with Gasteiger partial charge in [0.15, 0.2) is 0 Å². The van der Waals surface area contributed by atoms with Crippen molar-refractivity contribution < 1.29 is 15.0 Å². The first-order valence-corrected chi connectivity index (χ1v) is 8.00. The smallest absolute Gasteiger partial charge is 0.303 e. The van der Waals surface area contributed by atoms with Gasteiger partial charge in [-0.3, -0.25) is 4.79 Å². The van der Waals surface area contributed by atoms with Crippen LogP contribution in [0.15, 0.2) is 0 Å². The summed E-state index contributed by atoms with van der Waals surface area (Å²) in [6, 6.07) is 0. The fourth-order valence-electron chi connectivity index (χ4n) is 2.79. The number of aliphatic hydroxyl groups excluding tert-OH is 1. The highest BCUT2D eigenvalue weighted by Gasteiger charge is 2.51. The average Bonchev–Trinajstić information content (AvgIpc) is 2.84. The van der Waals surface area contributed by atoms with Crippen LogP contribution in [0, 0.1) is 5.92 Å². The third kappa shape index (κ3) is 2.76. The van der Waals surface area contributed by atoms with E-state index in [9.17, 15) is 9.90 Å². The van der Waals surface area contributed by atoms with Crippen LogP contribution in [-0.2, 0) is 4.79 Å². The van der Waals surface area contributed by atoms with E-state index in [1.54, 1.807) is 0 Å². The Hall–Kier alpha value is 0.130. The number of hydrogen-bond acceptors (Lipinski definition) is 4. The third-order valence-corrected chi connectivity index (χ3v) is 8.05. The topological polar surface area (TPSA) is 57.5 Å². The van der Waals surface area contributed by atoms with E-state index >= 15 is 0 Å². The Morgan fingerprint density at radius 2 is 2.29 bits per heavy atom. The molecule has 1 saturated heterocycles. The van der Waals surface area contributed by atoms with Gasteiger partial charge in [-0.05, 0) is 31.6 Å². The zero-order chi connectivity index (χ0) is 12.5. The minimum atomic E-state index is -0.677. The number of carbonyl (C=O) groups is 1. The summed E-state index contributed by atoms with van der Waals surface area (Å²) < 4.78 is 0.210. The third-order valence-electron chi connectivity index (χ3n) is 3.93. The molecule has 2 aliphatic rings. The summed E-state index contributed by atoms with van der Waals surface area (Å²) in [5.41, 5.74) is 0. The van der Waals surface area contributed by atoms with Crippen molar-refractivity contribution in [2.75, 3.05) is 12.4 Å². The molecule has 1 spiro atoms. The van der Waals surface area contributed by atoms with Crippen LogP contribution in [0.4, 0.5) is 0 Å². The normalized spacial score (nSPS) is 41.2. The molecule has 1 saturated carbocycles. The summed E-state index contributed by atoms with van der Waals surface area (Å²) in [5, 5.41) is 18.4. The Bertz CT molecular complexity index is 304. The van der Waals surface area contributed by atoms with Crippen LogP contribution in [0.2, 0.25) is 0 Å². The van der Waals surface area contributed by atoms with E-state index in [1.165, 1.54) is 0 Å². The van der Waals surface area contributed by atoms with Crippen molar-refractivity contribution in [3.63, 3.8) is 0 Å². The molecule has 0 bridgehead atoms. The maximum Gasteiger partial charge on any atom is 0.303 e. The molecular formula is C12H20O3S2. The molecule has 3 nitrogen and oxygen atoms in total. The molecule has 0 aromatic rings. The van der Waals surface area contributed by atoms with E-state index < -0.39 is 5.97 Å². The van der Waals surface area contributed by atoms with Crippen molar-refractivity contribution in [2.24, 2.45) is 5.92 Å². The highest BCUT2D eigenvalue weighted by molar-refractivity contribution is 8.22. The van der Waals surface area contributed by atoms with E-state index in [2.05, 4.69) is 6.92 Å². The molecule has 1 heterocycles. The van der Waals surface area contributed by atoms with Crippen molar-refractivity contribution in [1.29, 1.82) is 0 Å². The van der Waals surface area contributed by atoms with Crippen molar-refractivity contribution in [3.8, 4) is 0 Å². The number of rotatable bonds is 4.